The molecule has 2 rings (SSSR count). The van der Waals surface area contributed by atoms with Crippen molar-refractivity contribution in [3.8, 4) is 0 Å². The SMILES string of the molecule is CCC(=O)Nc1ccc(Sc2ccccc2N)cc1C(=O)OC. The molecule has 6 heteroatoms. The third kappa shape index (κ3) is 4.26. The molecule has 0 saturated carbocycles. The van der Waals surface area contributed by atoms with Crippen LogP contribution in [0.15, 0.2) is 52.3 Å². The molecule has 3 N–H and O–H groups in total. The maximum absolute atomic E-state index is 12.0. The van der Waals surface area contributed by atoms with Crippen LogP contribution in [0.1, 0.15) is 23.7 Å². The van der Waals surface area contributed by atoms with Gasteiger partial charge in [-0.3, -0.25) is 4.79 Å². The summed E-state index contributed by atoms with van der Waals surface area (Å²) in [5, 5.41) is 2.70. The predicted molar refractivity (Wildman–Crippen MR) is 91.7 cm³/mol. The number of nitrogens with one attached hydrogen (secondary N) is 1. The molecule has 0 bridgehead atoms. The van der Waals surface area contributed by atoms with E-state index in [1.807, 2.05) is 30.3 Å². The topological polar surface area (TPSA) is 81.4 Å². The van der Waals surface area contributed by atoms with Crippen molar-refractivity contribution in [2.24, 2.45) is 0 Å². The summed E-state index contributed by atoms with van der Waals surface area (Å²) in [5.74, 6) is -0.664. The van der Waals surface area contributed by atoms with E-state index in [2.05, 4.69) is 5.32 Å². The van der Waals surface area contributed by atoms with Gasteiger partial charge in [0.25, 0.3) is 0 Å². The Bertz CT molecular complexity index is 732. The smallest absolute Gasteiger partial charge is 0.340 e. The number of amides is 1. The van der Waals surface area contributed by atoms with Crippen molar-refractivity contribution >= 4 is 35.0 Å². The van der Waals surface area contributed by atoms with Crippen molar-refractivity contribution in [2.45, 2.75) is 23.1 Å². The molecule has 0 spiro atoms. The third-order valence-electron chi connectivity index (χ3n) is 3.14. The van der Waals surface area contributed by atoms with Gasteiger partial charge >= 0.3 is 5.97 Å². The van der Waals surface area contributed by atoms with Gasteiger partial charge in [0, 0.05) is 21.9 Å². The van der Waals surface area contributed by atoms with Crippen LogP contribution in [0.4, 0.5) is 11.4 Å². The standard InChI is InChI=1S/C17H18N2O3S/c1-3-16(20)19-14-9-8-11(10-12(14)17(21)22-2)23-15-7-5-4-6-13(15)18/h4-10H,3,18H2,1-2H3,(H,19,20). The van der Waals surface area contributed by atoms with Gasteiger partial charge in [-0.25, -0.2) is 4.79 Å². The number of anilines is 2. The highest BCUT2D eigenvalue weighted by atomic mass is 32.2. The quantitative estimate of drug-likeness (QED) is 0.647. The summed E-state index contributed by atoms with van der Waals surface area (Å²) in [6, 6.07) is 12.7. The Kier molecular flexibility index (Phi) is 5.65. The zero-order valence-electron chi connectivity index (χ0n) is 13.0. The number of carbonyl (C=O) groups excluding carboxylic acids is 2. The molecule has 0 aliphatic rings. The van der Waals surface area contributed by atoms with E-state index in [0.717, 1.165) is 9.79 Å². The molecule has 0 aromatic heterocycles. The molecule has 0 atom stereocenters. The highest BCUT2D eigenvalue weighted by Crippen LogP contribution is 2.34. The third-order valence-corrected chi connectivity index (χ3v) is 4.22. The molecule has 0 saturated heterocycles. The Balaban J connectivity index is 2.34. The highest BCUT2D eigenvalue weighted by Gasteiger charge is 2.15. The summed E-state index contributed by atoms with van der Waals surface area (Å²) in [6.45, 7) is 1.75. The van der Waals surface area contributed by atoms with E-state index in [-0.39, 0.29) is 5.91 Å². The van der Waals surface area contributed by atoms with E-state index in [4.69, 9.17) is 10.5 Å². The van der Waals surface area contributed by atoms with Crippen LogP contribution in [0, 0.1) is 0 Å². The van der Waals surface area contributed by atoms with Gasteiger partial charge in [-0.05, 0) is 30.3 Å². The van der Waals surface area contributed by atoms with Crippen LogP contribution < -0.4 is 11.1 Å². The van der Waals surface area contributed by atoms with E-state index >= 15 is 0 Å². The largest absolute Gasteiger partial charge is 0.465 e. The summed E-state index contributed by atoms with van der Waals surface area (Å²) < 4.78 is 4.80. The number of hydrogen-bond donors (Lipinski definition) is 2. The normalized spacial score (nSPS) is 10.2. The van der Waals surface area contributed by atoms with E-state index in [0.29, 0.717) is 23.4 Å². The van der Waals surface area contributed by atoms with E-state index in [9.17, 15) is 9.59 Å². The average Bonchev–Trinajstić information content (AvgIpc) is 2.57. The summed E-state index contributed by atoms with van der Waals surface area (Å²) >= 11 is 1.44. The lowest BCUT2D eigenvalue weighted by Crippen LogP contribution is -2.14. The Morgan fingerprint density at radius 2 is 1.96 bits per heavy atom. The van der Waals surface area contributed by atoms with Crippen molar-refractivity contribution in [2.75, 3.05) is 18.2 Å². The van der Waals surface area contributed by atoms with Gasteiger partial charge in [0.05, 0.1) is 18.4 Å². The molecule has 0 unspecified atom stereocenters. The van der Waals surface area contributed by atoms with Crippen LogP contribution in [0.25, 0.3) is 0 Å². The Hall–Kier alpha value is -2.47. The first-order valence-corrected chi connectivity index (χ1v) is 7.91. The van der Waals surface area contributed by atoms with Crippen molar-refractivity contribution < 1.29 is 14.3 Å². The second kappa shape index (κ2) is 7.69. The number of ether oxygens (including phenoxy) is 1. The average molecular weight is 330 g/mol. The summed E-state index contributed by atoms with van der Waals surface area (Å²) in [7, 11) is 1.31. The van der Waals surface area contributed by atoms with E-state index in [1.54, 1.807) is 19.1 Å². The lowest BCUT2D eigenvalue weighted by molar-refractivity contribution is -0.115. The second-order valence-corrected chi connectivity index (χ2v) is 5.86. The molecule has 1 amide bonds. The van der Waals surface area contributed by atoms with E-state index in [1.165, 1.54) is 18.9 Å². The highest BCUT2D eigenvalue weighted by molar-refractivity contribution is 7.99. The molecule has 120 valence electrons. The number of esters is 1. The fraction of sp³-hybridized carbons (Fsp3) is 0.176. The van der Waals surface area contributed by atoms with Crippen LogP contribution in [0.5, 0.6) is 0 Å². The number of nitrogen functional groups attached to an aromatic ring is 1. The molecule has 2 aromatic rings. The first-order chi connectivity index (χ1) is 11.0. The Morgan fingerprint density at radius 3 is 2.61 bits per heavy atom. The maximum atomic E-state index is 12.0. The van der Waals surface area contributed by atoms with Crippen molar-refractivity contribution in [1.29, 1.82) is 0 Å². The predicted octanol–water partition coefficient (Wildman–Crippen LogP) is 3.56. The summed E-state index contributed by atoms with van der Waals surface area (Å²) in [6.07, 6.45) is 0.331. The van der Waals surface area contributed by atoms with Crippen molar-refractivity contribution in [3.05, 3.63) is 48.0 Å². The van der Waals surface area contributed by atoms with Crippen LogP contribution in [-0.4, -0.2) is 19.0 Å². The molecule has 2 aromatic carbocycles. The lowest BCUT2D eigenvalue weighted by atomic mass is 10.1. The maximum Gasteiger partial charge on any atom is 0.340 e. The molecule has 0 aliphatic carbocycles. The number of carbonyl (C=O) groups is 2. The first kappa shape index (κ1) is 16.9. The number of rotatable bonds is 5. The van der Waals surface area contributed by atoms with Gasteiger partial charge in [-0.2, -0.15) is 0 Å². The first-order valence-electron chi connectivity index (χ1n) is 7.09. The van der Waals surface area contributed by atoms with Crippen LogP contribution in [0.3, 0.4) is 0 Å². The molecule has 0 radical (unpaired) electrons. The monoisotopic (exact) mass is 330 g/mol. The molecule has 5 nitrogen and oxygen atoms in total. The van der Waals surface area contributed by atoms with Crippen LogP contribution in [-0.2, 0) is 9.53 Å². The van der Waals surface area contributed by atoms with Gasteiger partial charge in [-0.1, -0.05) is 30.8 Å². The summed E-state index contributed by atoms with van der Waals surface area (Å²) in [5.41, 5.74) is 7.36. The minimum atomic E-state index is -0.500. The van der Waals surface area contributed by atoms with Crippen molar-refractivity contribution in [1.82, 2.24) is 0 Å². The van der Waals surface area contributed by atoms with Gasteiger partial charge in [-0.15, -0.1) is 0 Å². The van der Waals surface area contributed by atoms with Crippen LogP contribution in [0.2, 0.25) is 0 Å². The van der Waals surface area contributed by atoms with Gasteiger partial charge in [0.2, 0.25) is 5.91 Å². The number of benzene rings is 2. The molecule has 0 aliphatic heterocycles. The number of hydrogen-bond acceptors (Lipinski definition) is 5. The second-order valence-electron chi connectivity index (χ2n) is 4.74. The fourth-order valence-electron chi connectivity index (χ4n) is 1.91. The van der Waals surface area contributed by atoms with Gasteiger partial charge < -0.3 is 15.8 Å². The van der Waals surface area contributed by atoms with Gasteiger partial charge in [0.1, 0.15) is 0 Å². The zero-order chi connectivity index (χ0) is 16.8. The van der Waals surface area contributed by atoms with Gasteiger partial charge in [0.15, 0.2) is 0 Å². The number of methoxy groups -OCH3 is 1. The fourth-order valence-corrected chi connectivity index (χ4v) is 2.81. The molecular formula is C17H18N2O3S. The molecule has 23 heavy (non-hydrogen) atoms. The van der Waals surface area contributed by atoms with Crippen LogP contribution >= 0.6 is 11.8 Å². The zero-order valence-corrected chi connectivity index (χ0v) is 13.8. The molecular weight excluding hydrogens is 312 g/mol. The molecule has 0 heterocycles. The minimum absolute atomic E-state index is 0.164. The number of para-hydroxylation sites is 1. The Labute approximate surface area is 139 Å². The van der Waals surface area contributed by atoms with Crippen molar-refractivity contribution in [3.63, 3.8) is 0 Å². The minimum Gasteiger partial charge on any atom is -0.465 e. The lowest BCUT2D eigenvalue weighted by Gasteiger charge is -2.11. The Morgan fingerprint density at radius 1 is 1.22 bits per heavy atom. The van der Waals surface area contributed by atoms with E-state index < -0.39 is 5.97 Å². The summed E-state index contributed by atoms with van der Waals surface area (Å²) in [4.78, 5) is 25.3. The molecule has 0 fully saturated rings. The number of nitrogens with two attached hydrogens (primary N) is 1.